The summed E-state index contributed by atoms with van der Waals surface area (Å²) in [5, 5.41) is 12.9. The zero-order valence-electron chi connectivity index (χ0n) is 9.47. The molecule has 0 saturated carbocycles. The van der Waals surface area contributed by atoms with Gasteiger partial charge in [-0.25, -0.2) is 0 Å². The molecule has 0 heterocycles. The van der Waals surface area contributed by atoms with Crippen molar-refractivity contribution < 1.29 is 5.11 Å². The topological polar surface area (TPSA) is 32.3 Å². The molecule has 1 aliphatic carbocycles. The molecule has 1 aromatic rings. The molecule has 0 spiro atoms. The van der Waals surface area contributed by atoms with Gasteiger partial charge in [-0.2, -0.15) is 0 Å². The lowest BCUT2D eigenvalue weighted by molar-refractivity contribution is 0.236. The van der Waals surface area contributed by atoms with Crippen molar-refractivity contribution in [1.29, 1.82) is 0 Å². The monoisotopic (exact) mass is 217 g/mol. The summed E-state index contributed by atoms with van der Waals surface area (Å²) in [7, 11) is 0. The standard InChI is InChI=1S/C14H19NO/c16-11-14(12-7-3-1-4-8-12)15-13-9-5-2-6-10-13/h1,3-5,7-9,13-16H,2,6,10-11H2. The molecule has 2 unspecified atom stereocenters. The van der Waals surface area contributed by atoms with E-state index in [0.717, 1.165) is 5.56 Å². The van der Waals surface area contributed by atoms with E-state index in [1.165, 1.54) is 19.3 Å². The molecule has 0 fully saturated rings. The minimum absolute atomic E-state index is 0.0500. The lowest BCUT2D eigenvalue weighted by Crippen LogP contribution is -2.34. The van der Waals surface area contributed by atoms with Gasteiger partial charge in [0.05, 0.1) is 12.6 Å². The van der Waals surface area contributed by atoms with E-state index in [0.29, 0.717) is 6.04 Å². The van der Waals surface area contributed by atoms with E-state index in [-0.39, 0.29) is 12.6 Å². The van der Waals surface area contributed by atoms with Crippen LogP contribution in [0.25, 0.3) is 0 Å². The first kappa shape index (κ1) is 11.4. The molecule has 86 valence electrons. The van der Waals surface area contributed by atoms with Gasteiger partial charge in [0.1, 0.15) is 0 Å². The summed E-state index contributed by atoms with van der Waals surface area (Å²) in [5.41, 5.74) is 1.16. The highest BCUT2D eigenvalue weighted by Gasteiger charge is 2.15. The molecule has 0 bridgehead atoms. The second kappa shape index (κ2) is 5.83. The molecule has 0 saturated heterocycles. The third-order valence-corrected chi connectivity index (χ3v) is 3.05. The Morgan fingerprint density at radius 1 is 1.31 bits per heavy atom. The van der Waals surface area contributed by atoms with Gasteiger partial charge >= 0.3 is 0 Å². The average Bonchev–Trinajstić information content (AvgIpc) is 2.38. The molecule has 0 aliphatic heterocycles. The Balaban J connectivity index is 2.00. The lowest BCUT2D eigenvalue weighted by atomic mass is 10.00. The predicted octanol–water partition coefficient (Wildman–Crippen LogP) is 2.42. The van der Waals surface area contributed by atoms with Gasteiger partial charge in [-0.15, -0.1) is 0 Å². The molecule has 16 heavy (non-hydrogen) atoms. The Morgan fingerprint density at radius 3 is 2.75 bits per heavy atom. The van der Waals surface area contributed by atoms with Crippen LogP contribution in [0.1, 0.15) is 30.9 Å². The van der Waals surface area contributed by atoms with Crippen LogP contribution in [-0.2, 0) is 0 Å². The zero-order chi connectivity index (χ0) is 11.2. The van der Waals surface area contributed by atoms with Gasteiger partial charge in [0.25, 0.3) is 0 Å². The quantitative estimate of drug-likeness (QED) is 0.759. The maximum Gasteiger partial charge on any atom is 0.0626 e. The highest BCUT2D eigenvalue weighted by molar-refractivity contribution is 5.19. The van der Waals surface area contributed by atoms with Crippen molar-refractivity contribution in [2.24, 2.45) is 0 Å². The molecule has 2 rings (SSSR count). The van der Waals surface area contributed by atoms with Gasteiger partial charge in [-0.05, 0) is 24.8 Å². The van der Waals surface area contributed by atoms with Crippen LogP contribution >= 0.6 is 0 Å². The van der Waals surface area contributed by atoms with Crippen molar-refractivity contribution in [2.45, 2.75) is 31.3 Å². The number of aliphatic hydroxyl groups is 1. The SMILES string of the molecule is OCC(NC1C=CCCC1)c1ccccc1. The van der Waals surface area contributed by atoms with Crippen molar-refractivity contribution in [1.82, 2.24) is 5.32 Å². The van der Waals surface area contributed by atoms with E-state index in [1.807, 2.05) is 18.2 Å². The maximum atomic E-state index is 9.42. The Bertz CT molecular complexity index is 334. The number of rotatable bonds is 4. The van der Waals surface area contributed by atoms with E-state index in [2.05, 4.69) is 29.6 Å². The minimum atomic E-state index is 0.0500. The van der Waals surface area contributed by atoms with Crippen LogP contribution in [0.3, 0.4) is 0 Å². The normalized spacial score (nSPS) is 21.9. The third-order valence-electron chi connectivity index (χ3n) is 3.05. The summed E-state index contributed by atoms with van der Waals surface area (Å²) in [4.78, 5) is 0. The summed E-state index contributed by atoms with van der Waals surface area (Å²) >= 11 is 0. The highest BCUT2D eigenvalue weighted by Crippen LogP contribution is 2.17. The van der Waals surface area contributed by atoms with Crippen LogP contribution in [0.2, 0.25) is 0 Å². The first-order valence-corrected chi connectivity index (χ1v) is 5.98. The molecular weight excluding hydrogens is 198 g/mol. The molecule has 2 nitrogen and oxygen atoms in total. The van der Waals surface area contributed by atoms with Crippen molar-refractivity contribution in [3.8, 4) is 0 Å². The van der Waals surface area contributed by atoms with Crippen molar-refractivity contribution in [2.75, 3.05) is 6.61 Å². The Labute approximate surface area is 97.0 Å². The number of hydrogen-bond acceptors (Lipinski definition) is 2. The van der Waals surface area contributed by atoms with E-state index >= 15 is 0 Å². The molecule has 0 aromatic heterocycles. The van der Waals surface area contributed by atoms with E-state index in [1.54, 1.807) is 0 Å². The lowest BCUT2D eigenvalue weighted by Gasteiger charge is -2.24. The second-order valence-corrected chi connectivity index (χ2v) is 4.28. The van der Waals surface area contributed by atoms with E-state index in [9.17, 15) is 5.11 Å². The largest absolute Gasteiger partial charge is 0.394 e. The van der Waals surface area contributed by atoms with Crippen molar-refractivity contribution in [3.05, 3.63) is 48.0 Å². The Kier molecular flexibility index (Phi) is 4.14. The fourth-order valence-corrected chi connectivity index (χ4v) is 2.15. The molecule has 1 aliphatic rings. The molecular formula is C14H19NO. The zero-order valence-corrected chi connectivity index (χ0v) is 9.47. The van der Waals surface area contributed by atoms with E-state index in [4.69, 9.17) is 0 Å². The molecule has 2 heteroatoms. The summed E-state index contributed by atoms with van der Waals surface area (Å²) in [5.74, 6) is 0. The summed E-state index contributed by atoms with van der Waals surface area (Å²) in [6, 6.07) is 10.6. The van der Waals surface area contributed by atoms with Crippen LogP contribution in [0.5, 0.6) is 0 Å². The van der Waals surface area contributed by atoms with Crippen LogP contribution in [0.15, 0.2) is 42.5 Å². The average molecular weight is 217 g/mol. The Hall–Kier alpha value is -1.12. The number of benzene rings is 1. The van der Waals surface area contributed by atoms with Crippen LogP contribution < -0.4 is 5.32 Å². The molecule has 2 N–H and O–H groups in total. The van der Waals surface area contributed by atoms with Gasteiger partial charge in [0, 0.05) is 6.04 Å². The first-order chi connectivity index (χ1) is 7.90. The van der Waals surface area contributed by atoms with E-state index < -0.39 is 0 Å². The van der Waals surface area contributed by atoms with Crippen LogP contribution in [-0.4, -0.2) is 17.8 Å². The fourth-order valence-electron chi connectivity index (χ4n) is 2.15. The minimum Gasteiger partial charge on any atom is -0.394 e. The smallest absolute Gasteiger partial charge is 0.0626 e. The predicted molar refractivity (Wildman–Crippen MR) is 66.2 cm³/mol. The van der Waals surface area contributed by atoms with Gasteiger partial charge in [0.2, 0.25) is 0 Å². The fraction of sp³-hybridized carbons (Fsp3) is 0.429. The first-order valence-electron chi connectivity index (χ1n) is 5.98. The number of hydrogen-bond donors (Lipinski definition) is 2. The van der Waals surface area contributed by atoms with Crippen molar-refractivity contribution >= 4 is 0 Å². The number of allylic oxidation sites excluding steroid dienone is 1. The molecule has 2 atom stereocenters. The van der Waals surface area contributed by atoms with Gasteiger partial charge in [-0.3, -0.25) is 0 Å². The second-order valence-electron chi connectivity index (χ2n) is 4.28. The maximum absolute atomic E-state index is 9.42. The van der Waals surface area contributed by atoms with Gasteiger partial charge in [0.15, 0.2) is 0 Å². The van der Waals surface area contributed by atoms with Gasteiger partial charge in [-0.1, -0.05) is 42.5 Å². The number of nitrogens with one attached hydrogen (secondary N) is 1. The van der Waals surface area contributed by atoms with Crippen molar-refractivity contribution in [3.63, 3.8) is 0 Å². The molecule has 0 radical (unpaired) electrons. The Morgan fingerprint density at radius 2 is 2.12 bits per heavy atom. The third kappa shape index (κ3) is 2.94. The number of aliphatic hydroxyl groups excluding tert-OH is 1. The summed E-state index contributed by atoms with van der Waals surface area (Å²) in [6.07, 6.45) is 8.03. The van der Waals surface area contributed by atoms with Crippen LogP contribution in [0.4, 0.5) is 0 Å². The van der Waals surface area contributed by atoms with Gasteiger partial charge < -0.3 is 10.4 Å². The highest BCUT2D eigenvalue weighted by atomic mass is 16.3. The van der Waals surface area contributed by atoms with Crippen LogP contribution in [0, 0.1) is 0 Å². The summed E-state index contributed by atoms with van der Waals surface area (Å²) < 4.78 is 0. The molecule has 0 amide bonds. The molecule has 1 aromatic carbocycles. The summed E-state index contributed by atoms with van der Waals surface area (Å²) in [6.45, 7) is 0.147.